The standard InChI is InChI=1S/C23H20ClFN2O4S/c1-14-4-3-5-19(24)22(14)23(28)26-17-8-11-21-20(12-17)27(13-15(2)31-21)32(29,30)18-9-6-16(25)7-10-18/h3-12,15H,13H2,1-2H3,(H,26,28). The molecule has 32 heavy (non-hydrogen) atoms. The fourth-order valence-corrected chi connectivity index (χ4v) is 5.40. The number of rotatable bonds is 4. The normalized spacial score (nSPS) is 15.6. The Kier molecular flexibility index (Phi) is 5.83. The van der Waals surface area contributed by atoms with Crippen LogP contribution >= 0.6 is 11.6 Å². The second kappa shape index (κ2) is 8.44. The average Bonchev–Trinajstić information content (AvgIpc) is 2.73. The topological polar surface area (TPSA) is 75.7 Å². The molecule has 9 heteroatoms. The first-order chi connectivity index (χ1) is 15.2. The van der Waals surface area contributed by atoms with E-state index < -0.39 is 27.9 Å². The number of sulfonamides is 1. The fourth-order valence-electron chi connectivity index (χ4n) is 3.55. The van der Waals surface area contributed by atoms with E-state index in [0.717, 1.165) is 12.1 Å². The van der Waals surface area contributed by atoms with E-state index >= 15 is 0 Å². The van der Waals surface area contributed by atoms with Gasteiger partial charge < -0.3 is 10.1 Å². The predicted molar refractivity (Wildman–Crippen MR) is 122 cm³/mol. The Morgan fingerprint density at radius 3 is 2.56 bits per heavy atom. The van der Waals surface area contributed by atoms with Gasteiger partial charge in [0.25, 0.3) is 15.9 Å². The number of nitrogens with one attached hydrogen (secondary N) is 1. The molecule has 0 bridgehead atoms. The van der Waals surface area contributed by atoms with Crippen LogP contribution in [0.4, 0.5) is 15.8 Å². The number of benzene rings is 3. The molecule has 3 aromatic rings. The smallest absolute Gasteiger partial charge is 0.264 e. The number of hydrogen-bond donors (Lipinski definition) is 1. The van der Waals surface area contributed by atoms with Gasteiger partial charge in [-0.05, 0) is 67.9 Å². The molecule has 1 amide bonds. The Balaban J connectivity index is 1.71. The number of fused-ring (bicyclic) bond motifs is 1. The quantitative estimate of drug-likeness (QED) is 0.576. The molecule has 3 aromatic carbocycles. The molecular weight excluding hydrogens is 455 g/mol. The van der Waals surface area contributed by atoms with E-state index in [4.69, 9.17) is 16.3 Å². The molecule has 1 N–H and O–H groups in total. The molecule has 6 nitrogen and oxygen atoms in total. The van der Waals surface area contributed by atoms with Gasteiger partial charge in [-0.3, -0.25) is 9.10 Å². The minimum Gasteiger partial charge on any atom is -0.487 e. The van der Waals surface area contributed by atoms with Crippen molar-refractivity contribution in [3.05, 3.63) is 82.6 Å². The van der Waals surface area contributed by atoms with Crippen molar-refractivity contribution in [2.24, 2.45) is 0 Å². The fraction of sp³-hybridized carbons (Fsp3) is 0.174. The van der Waals surface area contributed by atoms with Gasteiger partial charge >= 0.3 is 0 Å². The van der Waals surface area contributed by atoms with Gasteiger partial charge in [0.15, 0.2) is 0 Å². The van der Waals surface area contributed by atoms with Crippen molar-refractivity contribution in [1.29, 1.82) is 0 Å². The maximum Gasteiger partial charge on any atom is 0.264 e. The van der Waals surface area contributed by atoms with E-state index in [1.807, 2.05) is 0 Å². The average molecular weight is 475 g/mol. The molecule has 1 atom stereocenters. The van der Waals surface area contributed by atoms with Crippen LogP contribution in [0.1, 0.15) is 22.8 Å². The molecule has 0 radical (unpaired) electrons. The van der Waals surface area contributed by atoms with Crippen molar-refractivity contribution in [2.75, 3.05) is 16.2 Å². The van der Waals surface area contributed by atoms with Crippen LogP contribution in [0.15, 0.2) is 65.6 Å². The summed E-state index contributed by atoms with van der Waals surface area (Å²) in [7, 11) is -3.98. The molecule has 1 aliphatic heterocycles. The Morgan fingerprint density at radius 1 is 1.16 bits per heavy atom. The highest BCUT2D eigenvalue weighted by molar-refractivity contribution is 7.92. The van der Waals surface area contributed by atoms with Crippen molar-refractivity contribution in [3.8, 4) is 5.75 Å². The molecule has 0 saturated carbocycles. The van der Waals surface area contributed by atoms with Gasteiger partial charge in [-0.25, -0.2) is 12.8 Å². The monoisotopic (exact) mass is 474 g/mol. The molecule has 1 aliphatic rings. The number of aryl methyl sites for hydroxylation is 1. The lowest BCUT2D eigenvalue weighted by atomic mass is 10.1. The number of ether oxygens (including phenoxy) is 1. The zero-order valence-electron chi connectivity index (χ0n) is 17.3. The Bertz CT molecular complexity index is 1280. The first kappa shape index (κ1) is 22.1. The van der Waals surface area contributed by atoms with Crippen LogP contribution in [0.2, 0.25) is 5.02 Å². The van der Waals surface area contributed by atoms with E-state index in [0.29, 0.717) is 27.6 Å². The van der Waals surface area contributed by atoms with Gasteiger partial charge in [-0.15, -0.1) is 0 Å². The highest BCUT2D eigenvalue weighted by Crippen LogP contribution is 2.39. The number of anilines is 2. The minimum atomic E-state index is -3.98. The number of amides is 1. The minimum absolute atomic E-state index is 0.0416. The molecule has 166 valence electrons. The van der Waals surface area contributed by atoms with Gasteiger partial charge in [0.1, 0.15) is 17.7 Å². The van der Waals surface area contributed by atoms with Gasteiger partial charge in [0, 0.05) is 5.69 Å². The van der Waals surface area contributed by atoms with Crippen molar-refractivity contribution >= 4 is 38.9 Å². The second-order valence-electron chi connectivity index (χ2n) is 7.49. The summed E-state index contributed by atoms with van der Waals surface area (Å²) in [5.74, 6) is -0.577. The van der Waals surface area contributed by atoms with Gasteiger partial charge in [-0.2, -0.15) is 0 Å². The number of carbonyl (C=O) groups excluding carboxylic acids is 1. The maximum absolute atomic E-state index is 13.3. The van der Waals surface area contributed by atoms with E-state index in [-0.39, 0.29) is 17.1 Å². The van der Waals surface area contributed by atoms with Gasteiger partial charge in [0.2, 0.25) is 0 Å². The largest absolute Gasteiger partial charge is 0.487 e. The lowest BCUT2D eigenvalue weighted by Gasteiger charge is -2.34. The highest BCUT2D eigenvalue weighted by Gasteiger charge is 2.33. The molecule has 1 heterocycles. The van der Waals surface area contributed by atoms with Crippen molar-refractivity contribution in [2.45, 2.75) is 24.8 Å². The summed E-state index contributed by atoms with van der Waals surface area (Å²) >= 11 is 6.19. The summed E-state index contributed by atoms with van der Waals surface area (Å²) in [6.45, 7) is 3.60. The van der Waals surface area contributed by atoms with Crippen LogP contribution in [0.3, 0.4) is 0 Å². The first-order valence-electron chi connectivity index (χ1n) is 9.82. The molecule has 0 saturated heterocycles. The number of halogens is 2. The van der Waals surface area contributed by atoms with Crippen molar-refractivity contribution in [3.63, 3.8) is 0 Å². The van der Waals surface area contributed by atoms with E-state index in [2.05, 4.69) is 5.32 Å². The summed E-state index contributed by atoms with van der Waals surface area (Å²) in [4.78, 5) is 12.8. The Hall–Kier alpha value is -3.10. The molecule has 0 aliphatic carbocycles. The maximum atomic E-state index is 13.3. The molecule has 0 spiro atoms. The third kappa shape index (κ3) is 4.16. The summed E-state index contributed by atoms with van der Waals surface area (Å²) in [5.41, 5.74) is 1.71. The molecule has 0 fully saturated rings. The molecule has 1 unspecified atom stereocenters. The molecular formula is C23H20ClFN2O4S. The van der Waals surface area contributed by atoms with Crippen molar-refractivity contribution in [1.82, 2.24) is 0 Å². The zero-order valence-corrected chi connectivity index (χ0v) is 18.9. The SMILES string of the molecule is Cc1cccc(Cl)c1C(=O)Nc1ccc2c(c1)N(S(=O)(=O)c1ccc(F)cc1)CC(C)O2. The lowest BCUT2D eigenvalue weighted by Crippen LogP contribution is -2.42. The van der Waals surface area contributed by atoms with Crippen LogP contribution < -0.4 is 14.4 Å². The van der Waals surface area contributed by atoms with Crippen LogP contribution in [0, 0.1) is 12.7 Å². The predicted octanol–water partition coefficient (Wildman–Crippen LogP) is 5.02. The Morgan fingerprint density at radius 2 is 1.88 bits per heavy atom. The van der Waals surface area contributed by atoms with Crippen LogP contribution in [0.5, 0.6) is 5.75 Å². The Labute approximate surface area is 190 Å². The lowest BCUT2D eigenvalue weighted by molar-refractivity contribution is 0.102. The number of carbonyl (C=O) groups is 1. The van der Waals surface area contributed by atoms with E-state index in [1.165, 1.54) is 22.5 Å². The van der Waals surface area contributed by atoms with Crippen LogP contribution in [-0.2, 0) is 10.0 Å². The van der Waals surface area contributed by atoms with E-state index in [9.17, 15) is 17.6 Å². The summed E-state index contributed by atoms with van der Waals surface area (Å²) in [6, 6.07) is 14.6. The molecule has 4 rings (SSSR count). The summed E-state index contributed by atoms with van der Waals surface area (Å²) < 4.78 is 46.9. The van der Waals surface area contributed by atoms with Gasteiger partial charge in [-0.1, -0.05) is 23.7 Å². The summed E-state index contributed by atoms with van der Waals surface area (Å²) in [5, 5.41) is 3.09. The zero-order chi connectivity index (χ0) is 23.0. The number of hydrogen-bond acceptors (Lipinski definition) is 4. The summed E-state index contributed by atoms with van der Waals surface area (Å²) in [6.07, 6.45) is -0.399. The highest BCUT2D eigenvalue weighted by atomic mass is 35.5. The number of nitrogens with zero attached hydrogens (tertiary/aromatic N) is 1. The van der Waals surface area contributed by atoms with E-state index in [1.54, 1.807) is 44.2 Å². The third-order valence-electron chi connectivity index (χ3n) is 5.09. The van der Waals surface area contributed by atoms with Gasteiger partial charge in [0.05, 0.1) is 27.7 Å². The van der Waals surface area contributed by atoms with Crippen LogP contribution in [-0.4, -0.2) is 27.0 Å². The first-order valence-corrected chi connectivity index (χ1v) is 11.6. The van der Waals surface area contributed by atoms with Crippen LogP contribution in [0.25, 0.3) is 0 Å². The molecule has 0 aromatic heterocycles. The second-order valence-corrected chi connectivity index (χ2v) is 9.76. The van der Waals surface area contributed by atoms with Crippen molar-refractivity contribution < 1.29 is 22.3 Å². The third-order valence-corrected chi connectivity index (χ3v) is 7.20.